The topological polar surface area (TPSA) is 72.3 Å². The van der Waals surface area contributed by atoms with E-state index in [2.05, 4.69) is 29.0 Å². The molecular formula is C29H31N5O2. The van der Waals surface area contributed by atoms with Crippen molar-refractivity contribution in [1.82, 2.24) is 20.1 Å². The number of aryl methyl sites for hydroxylation is 1. The van der Waals surface area contributed by atoms with Gasteiger partial charge in [-0.15, -0.1) is 0 Å². The summed E-state index contributed by atoms with van der Waals surface area (Å²) in [4.78, 5) is 20.2. The summed E-state index contributed by atoms with van der Waals surface area (Å²) >= 11 is 0. The van der Waals surface area contributed by atoms with Crippen LogP contribution in [-0.2, 0) is 11.3 Å². The van der Waals surface area contributed by atoms with E-state index < -0.39 is 0 Å². The second-order valence-electron chi connectivity index (χ2n) is 9.41. The van der Waals surface area contributed by atoms with Gasteiger partial charge in [0, 0.05) is 37.6 Å². The van der Waals surface area contributed by atoms with Crippen LogP contribution in [0.15, 0.2) is 79.1 Å². The van der Waals surface area contributed by atoms with E-state index in [0.717, 1.165) is 35.7 Å². The number of amides is 1. The van der Waals surface area contributed by atoms with Crippen LogP contribution in [0.25, 0.3) is 16.9 Å². The molecule has 2 atom stereocenters. The van der Waals surface area contributed by atoms with Gasteiger partial charge in [0.1, 0.15) is 11.5 Å². The zero-order valence-electron chi connectivity index (χ0n) is 20.9. The van der Waals surface area contributed by atoms with E-state index in [4.69, 9.17) is 9.84 Å². The van der Waals surface area contributed by atoms with Gasteiger partial charge in [-0.2, -0.15) is 5.10 Å². The molecule has 2 aromatic carbocycles. The fraction of sp³-hybridized carbons (Fsp3) is 0.276. The highest BCUT2D eigenvalue weighted by molar-refractivity contribution is 5.99. The van der Waals surface area contributed by atoms with Gasteiger partial charge in [-0.05, 0) is 44.5 Å². The second kappa shape index (κ2) is 10.3. The van der Waals surface area contributed by atoms with Gasteiger partial charge in [0.2, 0.25) is 0 Å². The summed E-state index contributed by atoms with van der Waals surface area (Å²) in [6, 6.07) is 21.9. The summed E-state index contributed by atoms with van der Waals surface area (Å²) < 4.78 is 7.58. The van der Waals surface area contributed by atoms with Gasteiger partial charge in [-0.1, -0.05) is 54.1 Å². The molecule has 1 saturated heterocycles. The van der Waals surface area contributed by atoms with E-state index >= 15 is 0 Å². The zero-order valence-corrected chi connectivity index (χ0v) is 20.9. The van der Waals surface area contributed by atoms with Crippen molar-refractivity contribution in [3.05, 3.63) is 95.8 Å². The number of ether oxygens (including phenoxy) is 1. The van der Waals surface area contributed by atoms with Gasteiger partial charge < -0.3 is 15.0 Å². The molecule has 7 nitrogen and oxygen atoms in total. The van der Waals surface area contributed by atoms with Crippen LogP contribution in [0.1, 0.15) is 35.3 Å². The van der Waals surface area contributed by atoms with Crippen molar-refractivity contribution >= 4 is 11.7 Å². The molecule has 7 heteroatoms. The Morgan fingerprint density at radius 1 is 1.00 bits per heavy atom. The Kier molecular flexibility index (Phi) is 6.82. The molecule has 1 amide bonds. The standard InChI is InChI=1S/C29H31N5O2/c1-20-9-12-25(13-10-20)34-19-26(28(32-34)24-7-5-4-6-8-24)29(35)31-16-23-11-14-27(30-15-23)33-17-21(2)36-22(3)18-33/h4-15,19,21-22H,16-18H2,1-3H3,(H,31,35). The van der Waals surface area contributed by atoms with Crippen molar-refractivity contribution in [2.24, 2.45) is 0 Å². The van der Waals surface area contributed by atoms with Crippen molar-refractivity contribution in [1.29, 1.82) is 0 Å². The highest BCUT2D eigenvalue weighted by Crippen LogP contribution is 2.24. The van der Waals surface area contributed by atoms with Crippen LogP contribution in [0.2, 0.25) is 0 Å². The summed E-state index contributed by atoms with van der Waals surface area (Å²) in [5.41, 5.74) is 5.09. The number of nitrogens with one attached hydrogen (secondary N) is 1. The number of anilines is 1. The molecule has 3 heterocycles. The van der Waals surface area contributed by atoms with Crippen molar-refractivity contribution in [2.75, 3.05) is 18.0 Å². The van der Waals surface area contributed by atoms with Crippen LogP contribution >= 0.6 is 0 Å². The van der Waals surface area contributed by atoms with Crippen LogP contribution < -0.4 is 10.2 Å². The molecule has 0 spiro atoms. The summed E-state index contributed by atoms with van der Waals surface area (Å²) in [6.07, 6.45) is 3.97. The molecule has 0 bridgehead atoms. The average Bonchev–Trinajstić information content (AvgIpc) is 3.34. The lowest BCUT2D eigenvalue weighted by Gasteiger charge is -2.36. The van der Waals surface area contributed by atoms with E-state index in [0.29, 0.717) is 17.8 Å². The molecule has 0 saturated carbocycles. The summed E-state index contributed by atoms with van der Waals surface area (Å²) in [5.74, 6) is 0.755. The molecule has 1 aliphatic rings. The van der Waals surface area contributed by atoms with Gasteiger partial charge in [-0.25, -0.2) is 9.67 Å². The summed E-state index contributed by atoms with van der Waals surface area (Å²) in [6.45, 7) is 8.23. The lowest BCUT2D eigenvalue weighted by Crippen LogP contribution is -2.45. The molecule has 2 aromatic heterocycles. The first kappa shape index (κ1) is 23.8. The zero-order chi connectivity index (χ0) is 25.1. The number of carbonyl (C=O) groups excluding carboxylic acids is 1. The van der Waals surface area contributed by atoms with Gasteiger partial charge in [0.25, 0.3) is 5.91 Å². The maximum atomic E-state index is 13.3. The quantitative estimate of drug-likeness (QED) is 0.429. The Labute approximate surface area is 211 Å². The predicted molar refractivity (Wildman–Crippen MR) is 141 cm³/mol. The summed E-state index contributed by atoms with van der Waals surface area (Å²) in [5, 5.41) is 7.81. The smallest absolute Gasteiger partial charge is 0.255 e. The minimum atomic E-state index is -0.174. The number of morpholine rings is 1. The van der Waals surface area contributed by atoms with E-state index in [-0.39, 0.29) is 18.1 Å². The van der Waals surface area contributed by atoms with Crippen molar-refractivity contribution in [3.63, 3.8) is 0 Å². The number of nitrogens with zero attached hydrogens (tertiary/aromatic N) is 4. The molecule has 36 heavy (non-hydrogen) atoms. The molecule has 0 aliphatic carbocycles. The van der Waals surface area contributed by atoms with Crippen molar-refractivity contribution in [2.45, 2.75) is 39.5 Å². The Morgan fingerprint density at radius 3 is 2.39 bits per heavy atom. The third-order valence-electron chi connectivity index (χ3n) is 6.31. The van der Waals surface area contributed by atoms with Crippen LogP contribution in [0.3, 0.4) is 0 Å². The van der Waals surface area contributed by atoms with Crippen LogP contribution in [-0.4, -0.2) is 46.0 Å². The van der Waals surface area contributed by atoms with Crippen molar-refractivity contribution in [3.8, 4) is 16.9 Å². The Bertz CT molecular complexity index is 1310. The first-order valence-electron chi connectivity index (χ1n) is 12.3. The number of benzene rings is 2. The van der Waals surface area contributed by atoms with E-state index in [1.165, 1.54) is 5.56 Å². The number of rotatable bonds is 6. The van der Waals surface area contributed by atoms with Crippen LogP contribution in [0.4, 0.5) is 5.82 Å². The monoisotopic (exact) mass is 481 g/mol. The number of aromatic nitrogens is 3. The minimum absolute atomic E-state index is 0.174. The molecule has 1 aliphatic heterocycles. The Hall–Kier alpha value is -3.97. The van der Waals surface area contributed by atoms with Gasteiger partial charge >= 0.3 is 0 Å². The van der Waals surface area contributed by atoms with Crippen molar-refractivity contribution < 1.29 is 9.53 Å². The Balaban J connectivity index is 1.33. The largest absolute Gasteiger partial charge is 0.372 e. The normalized spacial score (nSPS) is 17.7. The first-order chi connectivity index (χ1) is 17.5. The summed E-state index contributed by atoms with van der Waals surface area (Å²) in [7, 11) is 0. The van der Waals surface area contributed by atoms with E-state index in [9.17, 15) is 4.79 Å². The van der Waals surface area contributed by atoms with Crippen LogP contribution in [0.5, 0.6) is 0 Å². The highest BCUT2D eigenvalue weighted by Gasteiger charge is 2.23. The van der Waals surface area contributed by atoms with Crippen LogP contribution in [0, 0.1) is 6.92 Å². The third kappa shape index (κ3) is 5.31. The Morgan fingerprint density at radius 2 is 1.72 bits per heavy atom. The lowest BCUT2D eigenvalue weighted by atomic mass is 10.1. The molecule has 184 valence electrons. The molecule has 1 fully saturated rings. The number of hydrogen-bond donors (Lipinski definition) is 1. The first-order valence-corrected chi connectivity index (χ1v) is 12.3. The number of hydrogen-bond acceptors (Lipinski definition) is 5. The lowest BCUT2D eigenvalue weighted by molar-refractivity contribution is -0.00546. The van der Waals surface area contributed by atoms with E-state index in [1.54, 1.807) is 10.9 Å². The number of pyridine rings is 1. The highest BCUT2D eigenvalue weighted by atomic mass is 16.5. The van der Waals surface area contributed by atoms with Gasteiger partial charge in [-0.3, -0.25) is 4.79 Å². The maximum Gasteiger partial charge on any atom is 0.255 e. The fourth-order valence-electron chi connectivity index (χ4n) is 4.53. The fourth-order valence-corrected chi connectivity index (χ4v) is 4.53. The average molecular weight is 482 g/mol. The molecule has 2 unspecified atom stereocenters. The van der Waals surface area contributed by atoms with Gasteiger partial charge in [0.15, 0.2) is 0 Å². The molecule has 4 aromatic rings. The maximum absolute atomic E-state index is 13.3. The second-order valence-corrected chi connectivity index (χ2v) is 9.41. The van der Waals surface area contributed by atoms with Gasteiger partial charge in [0.05, 0.1) is 23.5 Å². The SMILES string of the molecule is Cc1ccc(-n2cc(C(=O)NCc3ccc(N4CC(C)OC(C)C4)nc3)c(-c3ccccc3)n2)cc1. The minimum Gasteiger partial charge on any atom is -0.372 e. The van der Waals surface area contributed by atoms with E-state index in [1.807, 2.05) is 79.9 Å². The molecule has 1 N–H and O–H groups in total. The molecule has 5 rings (SSSR count). The number of carbonyl (C=O) groups is 1. The molecular weight excluding hydrogens is 450 g/mol. The predicted octanol–water partition coefficient (Wildman–Crippen LogP) is 4.79. The molecule has 0 radical (unpaired) electrons. The third-order valence-corrected chi connectivity index (χ3v) is 6.31.